The van der Waals surface area contributed by atoms with E-state index in [0.717, 1.165) is 10.4 Å². The van der Waals surface area contributed by atoms with Crippen LogP contribution in [0.15, 0.2) is 75.3 Å². The molecule has 3 heterocycles. The van der Waals surface area contributed by atoms with Crippen LogP contribution < -0.4 is 5.43 Å². The number of hydrogen-bond acceptors (Lipinski definition) is 4. The molecule has 0 radical (unpaired) electrons. The second-order valence-electron chi connectivity index (χ2n) is 6.61. The molecule has 1 atom stereocenters. The summed E-state index contributed by atoms with van der Waals surface area (Å²) in [5, 5.41) is 3.00. The minimum atomic E-state index is -0.486. The van der Waals surface area contributed by atoms with E-state index in [1.54, 1.807) is 35.2 Å². The van der Waals surface area contributed by atoms with E-state index in [0.29, 0.717) is 28.1 Å². The van der Waals surface area contributed by atoms with E-state index in [1.807, 2.05) is 35.7 Å². The van der Waals surface area contributed by atoms with Crippen LogP contribution in [0.3, 0.4) is 0 Å². The summed E-state index contributed by atoms with van der Waals surface area (Å²) in [6.45, 7) is 0.293. The average Bonchev–Trinajstić information content (AvgIpc) is 3.32. The highest BCUT2D eigenvalue weighted by Crippen LogP contribution is 2.41. The van der Waals surface area contributed by atoms with Gasteiger partial charge in [0.1, 0.15) is 11.6 Å². The van der Waals surface area contributed by atoms with Gasteiger partial charge in [-0.05, 0) is 35.2 Å². The van der Waals surface area contributed by atoms with Gasteiger partial charge in [-0.1, -0.05) is 48.0 Å². The van der Waals surface area contributed by atoms with Gasteiger partial charge in [-0.15, -0.1) is 11.3 Å². The minimum Gasteiger partial charge on any atom is -0.450 e. The highest BCUT2D eigenvalue weighted by atomic mass is 35.5. The molecule has 1 aliphatic rings. The van der Waals surface area contributed by atoms with Crippen molar-refractivity contribution in [1.82, 2.24) is 4.90 Å². The molecule has 5 rings (SSSR count). The number of amides is 1. The van der Waals surface area contributed by atoms with Crippen LogP contribution in [-0.2, 0) is 6.54 Å². The third-order valence-corrected chi connectivity index (χ3v) is 6.28. The zero-order valence-electron chi connectivity index (χ0n) is 14.6. The fourth-order valence-electron chi connectivity index (χ4n) is 3.68. The second kappa shape index (κ2) is 6.62. The van der Waals surface area contributed by atoms with E-state index in [4.69, 9.17) is 16.0 Å². The molecule has 4 nitrogen and oxygen atoms in total. The molecular weight excluding hydrogens is 394 g/mol. The summed E-state index contributed by atoms with van der Waals surface area (Å²) in [5.74, 6) is -0.176. The van der Waals surface area contributed by atoms with Crippen molar-refractivity contribution in [2.75, 3.05) is 0 Å². The Morgan fingerprint density at radius 3 is 2.57 bits per heavy atom. The maximum Gasteiger partial charge on any atom is 0.291 e. The van der Waals surface area contributed by atoms with Gasteiger partial charge in [-0.2, -0.15) is 0 Å². The van der Waals surface area contributed by atoms with E-state index >= 15 is 0 Å². The van der Waals surface area contributed by atoms with Crippen molar-refractivity contribution < 1.29 is 9.21 Å². The number of carbonyl (C=O) groups is 1. The van der Waals surface area contributed by atoms with Crippen LogP contribution in [-0.4, -0.2) is 10.8 Å². The SMILES string of the molecule is O=C1c2oc3ccccc3c(=O)c2C(c2cccs2)N1Cc1ccccc1Cl. The molecule has 1 unspecified atom stereocenters. The number of nitrogens with zero attached hydrogens (tertiary/aromatic N) is 1. The molecule has 1 amide bonds. The number of thiophene rings is 1. The lowest BCUT2D eigenvalue weighted by molar-refractivity contribution is 0.0716. The molecule has 0 N–H and O–H groups in total. The second-order valence-corrected chi connectivity index (χ2v) is 8.00. The Labute approximate surface area is 169 Å². The molecular formula is C22H14ClNO3S. The van der Waals surface area contributed by atoms with Crippen LogP contribution in [0.5, 0.6) is 0 Å². The molecule has 0 fully saturated rings. The fraction of sp³-hybridized carbons (Fsp3) is 0.0909. The molecule has 0 aliphatic carbocycles. The molecule has 28 heavy (non-hydrogen) atoms. The van der Waals surface area contributed by atoms with Gasteiger partial charge < -0.3 is 9.32 Å². The predicted molar refractivity (Wildman–Crippen MR) is 110 cm³/mol. The Morgan fingerprint density at radius 1 is 1.00 bits per heavy atom. The van der Waals surface area contributed by atoms with Crippen LogP contribution in [0, 0.1) is 0 Å². The monoisotopic (exact) mass is 407 g/mol. The van der Waals surface area contributed by atoms with Gasteiger partial charge in [0.25, 0.3) is 5.91 Å². The molecule has 138 valence electrons. The fourth-order valence-corrected chi connectivity index (χ4v) is 4.72. The van der Waals surface area contributed by atoms with Crippen molar-refractivity contribution in [1.29, 1.82) is 0 Å². The standard InChI is InChI=1S/C22H14ClNO3S/c23-15-8-3-1-6-13(15)12-24-19(17-10-5-11-28-17)18-20(25)14-7-2-4-9-16(14)27-21(18)22(24)26/h1-11,19H,12H2. The molecule has 2 aromatic heterocycles. The van der Waals surface area contributed by atoms with Crippen molar-refractivity contribution >= 4 is 39.8 Å². The average molecular weight is 408 g/mol. The molecule has 4 aromatic rings. The lowest BCUT2D eigenvalue weighted by Gasteiger charge is -2.24. The van der Waals surface area contributed by atoms with Crippen LogP contribution in [0.2, 0.25) is 5.02 Å². The largest absolute Gasteiger partial charge is 0.450 e. The van der Waals surface area contributed by atoms with Crippen molar-refractivity contribution in [3.63, 3.8) is 0 Å². The van der Waals surface area contributed by atoms with E-state index in [2.05, 4.69) is 0 Å². The summed E-state index contributed by atoms with van der Waals surface area (Å²) < 4.78 is 5.90. The number of carbonyl (C=O) groups excluding carboxylic acids is 1. The molecule has 0 bridgehead atoms. The quantitative estimate of drug-likeness (QED) is 0.466. The Hall–Kier alpha value is -2.89. The third-order valence-electron chi connectivity index (χ3n) is 4.98. The van der Waals surface area contributed by atoms with Gasteiger partial charge in [0.15, 0.2) is 5.43 Å². The van der Waals surface area contributed by atoms with Gasteiger partial charge >= 0.3 is 0 Å². The first-order valence-electron chi connectivity index (χ1n) is 8.78. The third kappa shape index (κ3) is 2.58. The van der Waals surface area contributed by atoms with Crippen molar-refractivity contribution in [2.24, 2.45) is 0 Å². The van der Waals surface area contributed by atoms with Crippen LogP contribution in [0.4, 0.5) is 0 Å². The van der Waals surface area contributed by atoms with Gasteiger partial charge in [0.2, 0.25) is 5.76 Å². The molecule has 1 aliphatic heterocycles. The summed E-state index contributed by atoms with van der Waals surface area (Å²) in [6.07, 6.45) is 0. The van der Waals surface area contributed by atoms with E-state index in [1.165, 1.54) is 11.3 Å². The predicted octanol–water partition coefficient (Wildman–Crippen LogP) is 5.25. The van der Waals surface area contributed by atoms with E-state index in [9.17, 15) is 9.59 Å². The number of benzene rings is 2. The number of hydrogen-bond donors (Lipinski definition) is 0. The molecule has 6 heteroatoms. The Bertz CT molecular complexity index is 1260. The van der Waals surface area contributed by atoms with Gasteiger partial charge in [0.05, 0.1) is 10.9 Å². The minimum absolute atomic E-state index is 0.120. The first kappa shape index (κ1) is 17.2. The Balaban J connectivity index is 1.73. The highest BCUT2D eigenvalue weighted by Gasteiger charge is 2.43. The summed E-state index contributed by atoms with van der Waals surface area (Å²) in [5.41, 5.74) is 1.48. The summed E-state index contributed by atoms with van der Waals surface area (Å²) >= 11 is 7.84. The lowest BCUT2D eigenvalue weighted by Crippen LogP contribution is -2.28. The van der Waals surface area contributed by atoms with Gasteiger partial charge in [-0.3, -0.25) is 9.59 Å². The summed E-state index contributed by atoms with van der Waals surface area (Å²) in [6, 6.07) is 17.8. The van der Waals surface area contributed by atoms with Crippen LogP contribution in [0.1, 0.15) is 32.6 Å². The van der Waals surface area contributed by atoms with E-state index in [-0.39, 0.29) is 17.1 Å². The summed E-state index contributed by atoms with van der Waals surface area (Å²) in [4.78, 5) is 29.1. The summed E-state index contributed by atoms with van der Waals surface area (Å²) in [7, 11) is 0. The lowest BCUT2D eigenvalue weighted by atomic mass is 10.0. The van der Waals surface area contributed by atoms with Crippen molar-refractivity contribution in [3.05, 3.63) is 103 Å². The highest BCUT2D eigenvalue weighted by molar-refractivity contribution is 7.10. The van der Waals surface area contributed by atoms with Crippen molar-refractivity contribution in [2.45, 2.75) is 12.6 Å². The topological polar surface area (TPSA) is 50.5 Å². The number of fused-ring (bicyclic) bond motifs is 2. The zero-order chi connectivity index (χ0) is 19.3. The maximum atomic E-state index is 13.3. The molecule has 0 spiro atoms. The van der Waals surface area contributed by atoms with Crippen molar-refractivity contribution in [3.8, 4) is 0 Å². The maximum absolute atomic E-state index is 13.3. The van der Waals surface area contributed by atoms with E-state index < -0.39 is 6.04 Å². The Kier molecular flexibility index (Phi) is 4.07. The van der Waals surface area contributed by atoms with Crippen LogP contribution in [0.25, 0.3) is 11.0 Å². The Morgan fingerprint density at radius 2 is 1.79 bits per heavy atom. The number of para-hydroxylation sites is 1. The van der Waals surface area contributed by atoms with Gasteiger partial charge in [-0.25, -0.2) is 0 Å². The molecule has 2 aromatic carbocycles. The molecule has 0 saturated carbocycles. The number of halogens is 1. The number of rotatable bonds is 3. The van der Waals surface area contributed by atoms with Crippen LogP contribution >= 0.6 is 22.9 Å². The normalized spacial score (nSPS) is 16.0. The van der Waals surface area contributed by atoms with Gasteiger partial charge in [0, 0.05) is 16.4 Å². The molecule has 0 saturated heterocycles. The first-order valence-corrected chi connectivity index (χ1v) is 10.0. The first-order chi connectivity index (χ1) is 13.6. The zero-order valence-corrected chi connectivity index (χ0v) is 16.2. The smallest absolute Gasteiger partial charge is 0.291 e.